The van der Waals surface area contributed by atoms with Crippen LogP contribution in [0.1, 0.15) is 12.0 Å². The summed E-state index contributed by atoms with van der Waals surface area (Å²) in [5.41, 5.74) is 1.27. The van der Waals surface area contributed by atoms with E-state index in [0.29, 0.717) is 5.52 Å². The number of aromatic nitrogens is 2. The zero-order chi connectivity index (χ0) is 18.1. The molecule has 134 valence electrons. The summed E-state index contributed by atoms with van der Waals surface area (Å²) < 4.78 is 1.05. The maximum atomic E-state index is 11.8. The largest absolute Gasteiger partial charge is 0.396 e. The van der Waals surface area contributed by atoms with Crippen molar-refractivity contribution >= 4 is 37.6 Å². The second kappa shape index (κ2) is 7.03. The number of rotatable bonds is 4. The summed E-state index contributed by atoms with van der Waals surface area (Å²) in [5, 5.41) is 19.9. The average Bonchev–Trinajstić information content (AvgIpc) is 3.11. The van der Waals surface area contributed by atoms with Crippen molar-refractivity contribution < 1.29 is 5.11 Å². The molecule has 1 aliphatic heterocycles. The molecule has 0 spiro atoms. The minimum Gasteiger partial charge on any atom is -0.396 e. The predicted molar refractivity (Wildman–Crippen MR) is 103 cm³/mol. The fourth-order valence-corrected chi connectivity index (χ4v) is 4.37. The molecular weight excluding hydrogens is 350 g/mol. The zero-order valence-corrected chi connectivity index (χ0v) is 15.1. The third-order valence-corrected chi connectivity index (χ3v) is 5.85. The molecule has 2 aromatic heterocycles. The quantitative estimate of drug-likeness (QED) is 0.724. The van der Waals surface area contributed by atoms with Gasteiger partial charge in [-0.25, -0.2) is 4.98 Å². The lowest BCUT2D eigenvalue weighted by molar-refractivity contribution is 0.216. The highest BCUT2D eigenvalue weighted by molar-refractivity contribution is 7.22. The van der Waals surface area contributed by atoms with Crippen LogP contribution in [-0.4, -0.2) is 59.3 Å². The van der Waals surface area contributed by atoms with Crippen LogP contribution in [-0.2, 0) is 0 Å². The van der Waals surface area contributed by atoms with Crippen LogP contribution < -0.4 is 10.5 Å². The zero-order valence-electron chi connectivity index (χ0n) is 14.2. The number of hydrogen-bond acceptors (Lipinski definition) is 7. The molecule has 0 unspecified atom stereocenters. The highest BCUT2D eigenvalue weighted by atomic mass is 32.1. The molecule has 0 amide bonds. The van der Waals surface area contributed by atoms with Gasteiger partial charge in [0.25, 0.3) is 5.56 Å². The van der Waals surface area contributed by atoms with Gasteiger partial charge in [0.1, 0.15) is 11.6 Å². The Morgan fingerprint density at radius 1 is 1.31 bits per heavy atom. The van der Waals surface area contributed by atoms with Gasteiger partial charge in [-0.15, -0.1) is 0 Å². The van der Waals surface area contributed by atoms with Crippen molar-refractivity contribution in [3.05, 3.63) is 34.1 Å². The minimum atomic E-state index is -0.367. The van der Waals surface area contributed by atoms with E-state index in [1.165, 1.54) is 0 Å². The van der Waals surface area contributed by atoms with Crippen molar-refractivity contribution in [3.8, 4) is 6.07 Å². The van der Waals surface area contributed by atoms with Crippen LogP contribution in [0.25, 0.3) is 21.1 Å². The summed E-state index contributed by atoms with van der Waals surface area (Å²) >= 11 is 1.64. The molecule has 0 aliphatic carbocycles. The van der Waals surface area contributed by atoms with E-state index in [-0.39, 0.29) is 17.7 Å². The molecule has 4 rings (SSSR count). The molecule has 1 fully saturated rings. The van der Waals surface area contributed by atoms with Gasteiger partial charge in [-0.3, -0.25) is 9.69 Å². The molecule has 8 heteroatoms. The van der Waals surface area contributed by atoms with Gasteiger partial charge in [-0.05, 0) is 24.6 Å². The summed E-state index contributed by atoms with van der Waals surface area (Å²) in [4.78, 5) is 24.0. The molecule has 2 N–H and O–H groups in total. The molecule has 0 atom stereocenters. The summed E-state index contributed by atoms with van der Waals surface area (Å²) in [6.45, 7) is 4.90. The van der Waals surface area contributed by atoms with Crippen molar-refractivity contribution in [3.63, 3.8) is 0 Å². The Labute approximate surface area is 154 Å². The summed E-state index contributed by atoms with van der Waals surface area (Å²) in [7, 11) is 0. The Balaban J connectivity index is 1.65. The molecular formula is C18H19N5O2S. The second-order valence-electron chi connectivity index (χ2n) is 6.40. The van der Waals surface area contributed by atoms with Gasteiger partial charge in [0.15, 0.2) is 5.13 Å². The lowest BCUT2D eigenvalue weighted by atomic mass is 10.1. The van der Waals surface area contributed by atoms with Crippen LogP contribution in [0.15, 0.2) is 23.0 Å². The van der Waals surface area contributed by atoms with Crippen molar-refractivity contribution in [2.24, 2.45) is 0 Å². The SMILES string of the molecule is N#Cc1cc2c(ccc3sc(N4CCN(CCCO)CC4)nc32)[nH]c1=O. The number of hydrogen-bond donors (Lipinski definition) is 2. The molecule has 26 heavy (non-hydrogen) atoms. The molecule has 0 bridgehead atoms. The third-order valence-electron chi connectivity index (χ3n) is 4.77. The molecule has 0 radical (unpaired) electrons. The van der Waals surface area contributed by atoms with E-state index in [4.69, 9.17) is 15.4 Å². The number of thiazole rings is 1. The normalized spacial score (nSPS) is 15.6. The highest BCUT2D eigenvalue weighted by Crippen LogP contribution is 2.33. The van der Waals surface area contributed by atoms with Gasteiger partial charge in [-0.1, -0.05) is 11.3 Å². The maximum Gasteiger partial charge on any atom is 0.266 e. The molecule has 1 aromatic carbocycles. The first-order chi connectivity index (χ1) is 12.7. The van der Waals surface area contributed by atoms with Gasteiger partial charge in [0.05, 0.1) is 15.7 Å². The lowest BCUT2D eigenvalue weighted by Gasteiger charge is -2.34. The van der Waals surface area contributed by atoms with E-state index >= 15 is 0 Å². The first-order valence-corrected chi connectivity index (χ1v) is 9.46. The highest BCUT2D eigenvalue weighted by Gasteiger charge is 2.20. The lowest BCUT2D eigenvalue weighted by Crippen LogP contribution is -2.46. The Morgan fingerprint density at radius 2 is 2.12 bits per heavy atom. The molecule has 1 saturated heterocycles. The number of aliphatic hydroxyl groups is 1. The fourth-order valence-electron chi connectivity index (χ4n) is 3.33. The Hall–Kier alpha value is -2.47. The molecule has 3 heterocycles. The molecule has 1 aliphatic rings. The predicted octanol–water partition coefficient (Wildman–Crippen LogP) is 1.51. The minimum absolute atomic E-state index is 0.108. The van der Waals surface area contributed by atoms with E-state index in [1.54, 1.807) is 17.4 Å². The molecule has 0 saturated carbocycles. The van der Waals surface area contributed by atoms with Gasteiger partial charge in [-0.2, -0.15) is 5.26 Å². The number of nitrogens with zero attached hydrogens (tertiary/aromatic N) is 4. The number of nitrogens with one attached hydrogen (secondary N) is 1. The van der Waals surface area contributed by atoms with Crippen LogP contribution >= 0.6 is 11.3 Å². The fraction of sp³-hybridized carbons (Fsp3) is 0.389. The van der Waals surface area contributed by atoms with E-state index < -0.39 is 0 Å². The number of aromatic amines is 1. The van der Waals surface area contributed by atoms with Crippen molar-refractivity contribution in [1.82, 2.24) is 14.9 Å². The number of benzene rings is 1. The van der Waals surface area contributed by atoms with E-state index in [0.717, 1.165) is 59.9 Å². The van der Waals surface area contributed by atoms with Crippen LogP contribution in [0.5, 0.6) is 0 Å². The number of nitriles is 1. The smallest absolute Gasteiger partial charge is 0.266 e. The van der Waals surface area contributed by atoms with Crippen LogP contribution in [0.4, 0.5) is 5.13 Å². The summed E-state index contributed by atoms with van der Waals surface area (Å²) in [6.07, 6.45) is 0.812. The van der Waals surface area contributed by atoms with Crippen LogP contribution in [0, 0.1) is 11.3 Å². The van der Waals surface area contributed by atoms with Gasteiger partial charge >= 0.3 is 0 Å². The average molecular weight is 369 g/mol. The van der Waals surface area contributed by atoms with Gasteiger partial charge in [0.2, 0.25) is 0 Å². The topological polar surface area (TPSA) is 96.2 Å². The first kappa shape index (κ1) is 17.0. The number of aliphatic hydroxyl groups excluding tert-OH is 1. The van der Waals surface area contributed by atoms with Crippen molar-refractivity contribution in [2.45, 2.75) is 6.42 Å². The first-order valence-electron chi connectivity index (χ1n) is 8.64. The third kappa shape index (κ3) is 3.05. The number of anilines is 1. The molecule has 7 nitrogen and oxygen atoms in total. The number of pyridine rings is 1. The van der Waals surface area contributed by atoms with Crippen LogP contribution in [0.3, 0.4) is 0 Å². The molecule has 3 aromatic rings. The van der Waals surface area contributed by atoms with E-state index in [1.807, 2.05) is 18.2 Å². The van der Waals surface area contributed by atoms with E-state index in [9.17, 15) is 4.79 Å². The Bertz CT molecular complexity index is 1040. The van der Waals surface area contributed by atoms with Crippen molar-refractivity contribution in [1.29, 1.82) is 5.26 Å². The number of fused-ring (bicyclic) bond motifs is 3. The summed E-state index contributed by atoms with van der Waals surface area (Å²) in [5.74, 6) is 0. The van der Waals surface area contributed by atoms with Crippen LogP contribution in [0.2, 0.25) is 0 Å². The number of H-pyrrole nitrogens is 1. The second-order valence-corrected chi connectivity index (χ2v) is 7.41. The van der Waals surface area contributed by atoms with Gasteiger partial charge in [0, 0.05) is 44.7 Å². The Kier molecular flexibility index (Phi) is 4.59. The van der Waals surface area contributed by atoms with Crippen molar-refractivity contribution in [2.75, 3.05) is 44.2 Å². The Morgan fingerprint density at radius 3 is 2.85 bits per heavy atom. The summed E-state index contributed by atoms with van der Waals surface area (Å²) in [6, 6.07) is 7.41. The monoisotopic (exact) mass is 369 g/mol. The van der Waals surface area contributed by atoms with E-state index in [2.05, 4.69) is 14.8 Å². The maximum absolute atomic E-state index is 11.8. The number of piperazine rings is 1. The standard InChI is InChI=1S/C18H19N5O2S/c19-11-12-10-13-14(20-17(12)25)2-3-15-16(13)21-18(26-15)23-7-5-22(6-8-23)4-1-9-24/h2-3,10,24H,1,4-9H2,(H,20,25). The van der Waals surface area contributed by atoms with Gasteiger partial charge < -0.3 is 15.0 Å².